The van der Waals surface area contributed by atoms with Crippen LogP contribution in [0.3, 0.4) is 0 Å². The summed E-state index contributed by atoms with van der Waals surface area (Å²) in [6.45, 7) is 8.67. The first-order valence-electron chi connectivity index (χ1n) is 12.5. The molecule has 37 heavy (non-hydrogen) atoms. The maximum absolute atomic E-state index is 13.7. The molecule has 0 saturated carbocycles. The molecule has 1 N–H and O–H groups in total. The molecular weight excluding hydrogens is 488 g/mol. The molecule has 0 unspecified atom stereocenters. The number of fused-ring (bicyclic) bond motifs is 1. The van der Waals surface area contributed by atoms with Crippen LogP contribution in [0.15, 0.2) is 77.7 Å². The van der Waals surface area contributed by atoms with Gasteiger partial charge in [0.05, 0.1) is 23.7 Å². The largest absolute Gasteiger partial charge is 0.492 e. The molecule has 0 spiro atoms. The van der Waals surface area contributed by atoms with E-state index in [-0.39, 0.29) is 30.0 Å². The fourth-order valence-electron chi connectivity index (χ4n) is 4.08. The highest BCUT2D eigenvalue weighted by molar-refractivity contribution is 7.92. The normalized spacial score (nSPS) is 15.5. The number of carbonyl (C=O) groups excluding carboxylic acids is 1. The summed E-state index contributed by atoms with van der Waals surface area (Å²) in [5.74, 6) is 0.680. The molecule has 0 radical (unpaired) electrons. The molecule has 1 heterocycles. The summed E-state index contributed by atoms with van der Waals surface area (Å²) < 4.78 is 40.3. The SMILES string of the molecule is CCc1ccc(OCCNC(=O)[C@H]2CN(S(=O)(=O)c3ccccc3)c3cc(C(C)(C)C)ccc3O2)cc1. The molecule has 0 bridgehead atoms. The van der Waals surface area contributed by atoms with Gasteiger partial charge < -0.3 is 14.8 Å². The number of hydrogen-bond acceptors (Lipinski definition) is 5. The molecule has 196 valence electrons. The third kappa shape index (κ3) is 6.07. The lowest BCUT2D eigenvalue weighted by Gasteiger charge is -2.36. The number of anilines is 1. The van der Waals surface area contributed by atoms with Gasteiger partial charge in [-0.25, -0.2) is 8.42 Å². The van der Waals surface area contributed by atoms with E-state index in [2.05, 4.69) is 33.0 Å². The van der Waals surface area contributed by atoms with Gasteiger partial charge in [-0.3, -0.25) is 9.10 Å². The third-order valence-electron chi connectivity index (χ3n) is 6.32. The number of sulfonamides is 1. The number of amides is 1. The quantitative estimate of drug-likeness (QED) is 0.434. The highest BCUT2D eigenvalue weighted by Crippen LogP contribution is 2.40. The monoisotopic (exact) mass is 522 g/mol. The minimum atomic E-state index is -3.92. The Kier molecular flexibility index (Phi) is 7.78. The second-order valence-electron chi connectivity index (χ2n) is 10.0. The highest BCUT2D eigenvalue weighted by Gasteiger charge is 2.38. The van der Waals surface area contributed by atoms with Gasteiger partial charge in [-0.2, -0.15) is 0 Å². The lowest BCUT2D eigenvalue weighted by molar-refractivity contribution is -0.127. The van der Waals surface area contributed by atoms with E-state index in [9.17, 15) is 13.2 Å². The lowest BCUT2D eigenvalue weighted by Crippen LogP contribution is -2.51. The van der Waals surface area contributed by atoms with Crippen LogP contribution in [0.25, 0.3) is 0 Å². The van der Waals surface area contributed by atoms with Crippen LogP contribution < -0.4 is 19.1 Å². The standard InChI is InChI=1S/C29H34N2O5S/c1-5-21-11-14-23(15-12-21)35-18-17-30-28(32)27-20-31(37(33,34)24-9-7-6-8-10-24)25-19-22(29(2,3)4)13-16-26(25)36-27/h6-16,19,27H,5,17-18,20H2,1-4H3,(H,30,32)/t27-/m1/s1. The molecule has 1 aliphatic heterocycles. The first kappa shape index (κ1) is 26.5. The van der Waals surface area contributed by atoms with Gasteiger partial charge in [-0.05, 0) is 59.4 Å². The van der Waals surface area contributed by atoms with Crippen molar-refractivity contribution in [2.75, 3.05) is 24.0 Å². The predicted molar refractivity (Wildman–Crippen MR) is 145 cm³/mol. The number of rotatable bonds is 8. The minimum Gasteiger partial charge on any atom is -0.492 e. The molecule has 8 heteroatoms. The van der Waals surface area contributed by atoms with Crippen LogP contribution in [0.2, 0.25) is 0 Å². The Hall–Kier alpha value is -3.52. The number of aryl methyl sites for hydroxylation is 1. The first-order chi connectivity index (χ1) is 17.6. The molecule has 0 aromatic heterocycles. The van der Waals surface area contributed by atoms with E-state index in [0.29, 0.717) is 11.4 Å². The number of benzene rings is 3. The molecule has 4 rings (SSSR count). The average Bonchev–Trinajstić information content (AvgIpc) is 2.90. The maximum Gasteiger partial charge on any atom is 0.264 e. The van der Waals surface area contributed by atoms with E-state index < -0.39 is 22.0 Å². The van der Waals surface area contributed by atoms with E-state index in [0.717, 1.165) is 17.7 Å². The van der Waals surface area contributed by atoms with E-state index in [1.807, 2.05) is 36.4 Å². The number of hydrogen-bond donors (Lipinski definition) is 1. The van der Waals surface area contributed by atoms with Crippen molar-refractivity contribution in [1.29, 1.82) is 0 Å². The van der Waals surface area contributed by atoms with Gasteiger partial charge in [-0.1, -0.05) is 64.1 Å². The van der Waals surface area contributed by atoms with E-state index in [4.69, 9.17) is 9.47 Å². The van der Waals surface area contributed by atoms with Crippen molar-refractivity contribution in [3.63, 3.8) is 0 Å². The Morgan fingerprint density at radius 1 is 1.05 bits per heavy atom. The summed E-state index contributed by atoms with van der Waals surface area (Å²) in [6.07, 6.45) is -0.0506. The van der Waals surface area contributed by atoms with E-state index >= 15 is 0 Å². The fraction of sp³-hybridized carbons (Fsp3) is 0.345. The van der Waals surface area contributed by atoms with Crippen LogP contribution >= 0.6 is 0 Å². The Labute approximate surface area is 219 Å². The first-order valence-corrected chi connectivity index (χ1v) is 13.9. The number of ether oxygens (including phenoxy) is 2. The second kappa shape index (κ2) is 10.8. The van der Waals surface area contributed by atoms with Crippen LogP contribution in [0.5, 0.6) is 11.5 Å². The molecule has 7 nitrogen and oxygen atoms in total. The fourth-order valence-corrected chi connectivity index (χ4v) is 5.57. The summed E-state index contributed by atoms with van der Waals surface area (Å²) in [6, 6.07) is 21.5. The van der Waals surface area contributed by atoms with Gasteiger partial charge in [0.25, 0.3) is 15.9 Å². The van der Waals surface area contributed by atoms with E-state index in [1.54, 1.807) is 36.4 Å². The molecule has 1 aliphatic rings. The highest BCUT2D eigenvalue weighted by atomic mass is 32.2. The van der Waals surface area contributed by atoms with Crippen molar-refractivity contribution in [3.05, 3.63) is 83.9 Å². The molecule has 0 aliphatic carbocycles. The van der Waals surface area contributed by atoms with Crippen molar-refractivity contribution in [2.24, 2.45) is 0 Å². The maximum atomic E-state index is 13.7. The van der Waals surface area contributed by atoms with Crippen LogP contribution in [0.4, 0.5) is 5.69 Å². The lowest BCUT2D eigenvalue weighted by atomic mass is 9.86. The van der Waals surface area contributed by atoms with Crippen molar-refractivity contribution in [1.82, 2.24) is 5.32 Å². The summed E-state index contributed by atoms with van der Waals surface area (Å²) in [5.41, 5.74) is 2.43. The summed E-state index contributed by atoms with van der Waals surface area (Å²) in [7, 11) is -3.92. The zero-order valence-electron chi connectivity index (χ0n) is 21.7. The minimum absolute atomic E-state index is 0.136. The molecular formula is C29H34N2O5S. The Morgan fingerprint density at radius 3 is 2.41 bits per heavy atom. The summed E-state index contributed by atoms with van der Waals surface area (Å²) in [5, 5.41) is 2.81. The molecule has 0 saturated heterocycles. The van der Waals surface area contributed by atoms with Crippen molar-refractivity contribution >= 4 is 21.6 Å². The van der Waals surface area contributed by atoms with Gasteiger partial charge in [0.2, 0.25) is 0 Å². The van der Waals surface area contributed by atoms with Crippen LogP contribution in [-0.2, 0) is 26.7 Å². The molecule has 3 aromatic rings. The Morgan fingerprint density at radius 2 is 1.76 bits per heavy atom. The van der Waals surface area contributed by atoms with Gasteiger partial charge in [0.1, 0.15) is 18.1 Å². The zero-order chi connectivity index (χ0) is 26.6. The zero-order valence-corrected chi connectivity index (χ0v) is 22.5. The number of carbonyl (C=O) groups is 1. The topological polar surface area (TPSA) is 84.9 Å². The summed E-state index contributed by atoms with van der Waals surface area (Å²) >= 11 is 0. The number of nitrogens with one attached hydrogen (secondary N) is 1. The van der Waals surface area contributed by atoms with Crippen molar-refractivity contribution < 1.29 is 22.7 Å². The second-order valence-corrected chi connectivity index (χ2v) is 11.9. The molecule has 0 fully saturated rings. The third-order valence-corrected chi connectivity index (χ3v) is 8.11. The van der Waals surface area contributed by atoms with Gasteiger partial charge in [0, 0.05) is 0 Å². The molecule has 1 amide bonds. The number of nitrogens with zero attached hydrogens (tertiary/aromatic N) is 1. The van der Waals surface area contributed by atoms with Crippen molar-refractivity contribution in [3.8, 4) is 11.5 Å². The van der Waals surface area contributed by atoms with Crippen LogP contribution in [0.1, 0.15) is 38.8 Å². The van der Waals surface area contributed by atoms with Gasteiger partial charge in [-0.15, -0.1) is 0 Å². The Balaban J connectivity index is 1.51. The average molecular weight is 523 g/mol. The van der Waals surface area contributed by atoms with E-state index in [1.165, 1.54) is 9.87 Å². The Bertz CT molecular complexity index is 1330. The van der Waals surface area contributed by atoms with Crippen LogP contribution in [-0.4, -0.2) is 40.1 Å². The molecule has 1 atom stereocenters. The van der Waals surface area contributed by atoms with Gasteiger partial charge in [0.15, 0.2) is 6.10 Å². The summed E-state index contributed by atoms with van der Waals surface area (Å²) in [4.78, 5) is 13.2. The van der Waals surface area contributed by atoms with Crippen molar-refractivity contribution in [2.45, 2.75) is 50.5 Å². The predicted octanol–water partition coefficient (Wildman–Crippen LogP) is 4.70. The van der Waals surface area contributed by atoms with Gasteiger partial charge >= 0.3 is 0 Å². The van der Waals surface area contributed by atoms with Crippen LogP contribution in [0, 0.1) is 0 Å². The molecule has 3 aromatic carbocycles. The smallest absolute Gasteiger partial charge is 0.264 e.